The van der Waals surface area contributed by atoms with Crippen LogP contribution >= 0.6 is 0 Å². The van der Waals surface area contributed by atoms with Crippen molar-refractivity contribution < 1.29 is 19.8 Å². The maximum absolute atomic E-state index is 12.0. The number of hydrogen-bond donors (Lipinski definition) is 3. The average molecular weight is 277 g/mol. The molecule has 1 aliphatic carbocycles. The second-order valence-electron chi connectivity index (χ2n) is 5.16. The van der Waals surface area contributed by atoms with E-state index in [1.54, 1.807) is 18.2 Å². The van der Waals surface area contributed by atoms with E-state index < -0.39 is 12.1 Å². The maximum atomic E-state index is 12.0. The molecule has 0 aromatic heterocycles. The lowest BCUT2D eigenvalue weighted by Crippen LogP contribution is -2.45. The first-order valence-corrected chi connectivity index (χ1v) is 6.86. The Morgan fingerprint density at radius 3 is 2.60 bits per heavy atom. The zero-order chi connectivity index (χ0) is 14.5. The largest absolute Gasteiger partial charge is 0.478 e. The topological polar surface area (TPSA) is 86.6 Å². The van der Waals surface area contributed by atoms with Crippen molar-refractivity contribution in [2.75, 3.05) is 0 Å². The van der Waals surface area contributed by atoms with Gasteiger partial charge in [0.1, 0.15) is 0 Å². The molecule has 0 bridgehead atoms. The predicted molar refractivity (Wildman–Crippen MR) is 73.5 cm³/mol. The number of aliphatic hydroxyl groups excluding tert-OH is 1. The lowest BCUT2D eigenvalue weighted by molar-refractivity contribution is -0.122. The molecule has 5 heteroatoms. The van der Waals surface area contributed by atoms with Crippen LogP contribution in [0.15, 0.2) is 24.3 Å². The van der Waals surface area contributed by atoms with E-state index >= 15 is 0 Å². The van der Waals surface area contributed by atoms with Crippen molar-refractivity contribution in [3.8, 4) is 0 Å². The van der Waals surface area contributed by atoms with Gasteiger partial charge in [-0.3, -0.25) is 4.79 Å². The molecule has 0 heterocycles. The van der Waals surface area contributed by atoms with Crippen LogP contribution < -0.4 is 5.32 Å². The number of hydrogen-bond acceptors (Lipinski definition) is 3. The molecule has 3 N–H and O–H groups in total. The van der Waals surface area contributed by atoms with Gasteiger partial charge in [0.25, 0.3) is 0 Å². The van der Waals surface area contributed by atoms with E-state index in [-0.39, 0.29) is 23.9 Å². The third-order valence-corrected chi connectivity index (χ3v) is 3.67. The fraction of sp³-hybridized carbons (Fsp3) is 0.467. The first kappa shape index (κ1) is 14.5. The maximum Gasteiger partial charge on any atom is 0.335 e. The van der Waals surface area contributed by atoms with E-state index in [2.05, 4.69) is 5.32 Å². The molecule has 108 valence electrons. The highest BCUT2D eigenvalue weighted by molar-refractivity contribution is 5.91. The van der Waals surface area contributed by atoms with Gasteiger partial charge < -0.3 is 15.5 Å². The van der Waals surface area contributed by atoms with Gasteiger partial charge >= 0.3 is 5.97 Å². The molecule has 2 unspecified atom stereocenters. The monoisotopic (exact) mass is 277 g/mol. The van der Waals surface area contributed by atoms with Crippen LogP contribution in [0.4, 0.5) is 0 Å². The quantitative estimate of drug-likeness (QED) is 0.775. The zero-order valence-electron chi connectivity index (χ0n) is 11.2. The van der Waals surface area contributed by atoms with Crippen molar-refractivity contribution in [1.82, 2.24) is 5.32 Å². The van der Waals surface area contributed by atoms with E-state index in [0.717, 1.165) is 19.3 Å². The van der Waals surface area contributed by atoms with E-state index in [1.165, 1.54) is 6.07 Å². The number of amides is 1. The summed E-state index contributed by atoms with van der Waals surface area (Å²) >= 11 is 0. The van der Waals surface area contributed by atoms with Crippen molar-refractivity contribution in [2.24, 2.45) is 0 Å². The second-order valence-corrected chi connectivity index (χ2v) is 5.16. The molecule has 20 heavy (non-hydrogen) atoms. The van der Waals surface area contributed by atoms with Crippen molar-refractivity contribution in [2.45, 2.75) is 44.2 Å². The predicted octanol–water partition coefficient (Wildman–Crippen LogP) is 1.35. The molecule has 0 saturated heterocycles. The van der Waals surface area contributed by atoms with E-state index in [9.17, 15) is 14.7 Å². The summed E-state index contributed by atoms with van der Waals surface area (Å²) in [6, 6.07) is 6.26. The highest BCUT2D eigenvalue weighted by Gasteiger charge is 2.24. The van der Waals surface area contributed by atoms with E-state index in [0.29, 0.717) is 12.0 Å². The van der Waals surface area contributed by atoms with Crippen LogP contribution in [0.2, 0.25) is 0 Å². The highest BCUT2D eigenvalue weighted by Crippen LogP contribution is 2.18. The summed E-state index contributed by atoms with van der Waals surface area (Å²) in [6.45, 7) is 0. The Labute approximate surface area is 117 Å². The van der Waals surface area contributed by atoms with Crippen LogP contribution in [-0.2, 0) is 11.2 Å². The molecule has 0 aliphatic heterocycles. The molecule has 1 amide bonds. The summed E-state index contributed by atoms with van der Waals surface area (Å²) < 4.78 is 0. The minimum Gasteiger partial charge on any atom is -0.478 e. The number of rotatable bonds is 4. The van der Waals surface area contributed by atoms with Gasteiger partial charge in [0.15, 0.2) is 0 Å². The van der Waals surface area contributed by atoms with Gasteiger partial charge in [0.2, 0.25) is 5.91 Å². The average Bonchev–Trinajstić information content (AvgIpc) is 2.41. The molecule has 1 saturated carbocycles. The molecular formula is C15H19NO4. The molecule has 1 aromatic rings. The van der Waals surface area contributed by atoms with Gasteiger partial charge in [0.05, 0.1) is 24.1 Å². The molecule has 1 aromatic carbocycles. The van der Waals surface area contributed by atoms with Gasteiger partial charge in [0, 0.05) is 0 Å². The molecule has 0 spiro atoms. The lowest BCUT2D eigenvalue weighted by Gasteiger charge is -2.28. The standard InChI is InChI=1S/C15H19NO4/c17-13-8-4-3-7-12(13)16-14(18)9-10-5-1-2-6-11(10)15(19)20/h1-2,5-6,12-13,17H,3-4,7-9H2,(H,16,18)(H,19,20). The number of carbonyl (C=O) groups is 2. The van der Waals surface area contributed by atoms with Gasteiger partial charge in [-0.1, -0.05) is 31.0 Å². The minimum absolute atomic E-state index is 0.0195. The Balaban J connectivity index is 1.99. The van der Waals surface area contributed by atoms with Crippen LogP contribution in [0.5, 0.6) is 0 Å². The van der Waals surface area contributed by atoms with Gasteiger partial charge in [-0.25, -0.2) is 4.79 Å². The Morgan fingerprint density at radius 2 is 1.90 bits per heavy atom. The summed E-state index contributed by atoms with van der Waals surface area (Å²) in [7, 11) is 0. The summed E-state index contributed by atoms with van der Waals surface area (Å²) in [5, 5.41) is 21.7. The van der Waals surface area contributed by atoms with Crippen LogP contribution in [0, 0.1) is 0 Å². The Morgan fingerprint density at radius 1 is 1.20 bits per heavy atom. The highest BCUT2D eigenvalue weighted by atomic mass is 16.4. The number of carboxylic acids is 1. The molecule has 2 atom stereocenters. The molecule has 1 aliphatic rings. The Bertz CT molecular complexity index is 500. The summed E-state index contributed by atoms with van der Waals surface area (Å²) in [6.07, 6.45) is 2.97. The van der Waals surface area contributed by atoms with Crippen molar-refractivity contribution >= 4 is 11.9 Å². The first-order valence-electron chi connectivity index (χ1n) is 6.86. The molecule has 0 radical (unpaired) electrons. The van der Waals surface area contributed by atoms with Crippen LogP contribution in [0.3, 0.4) is 0 Å². The number of carbonyl (C=O) groups excluding carboxylic acids is 1. The molecule has 2 rings (SSSR count). The van der Waals surface area contributed by atoms with Crippen molar-refractivity contribution in [3.05, 3.63) is 35.4 Å². The van der Waals surface area contributed by atoms with Gasteiger partial charge in [-0.05, 0) is 24.5 Å². The number of aliphatic hydroxyl groups is 1. The minimum atomic E-state index is -1.04. The zero-order valence-corrected chi connectivity index (χ0v) is 11.2. The smallest absolute Gasteiger partial charge is 0.335 e. The fourth-order valence-electron chi connectivity index (χ4n) is 2.59. The second kappa shape index (κ2) is 6.52. The molecular weight excluding hydrogens is 258 g/mol. The van der Waals surface area contributed by atoms with Crippen LogP contribution in [0.25, 0.3) is 0 Å². The summed E-state index contributed by atoms with van der Waals surface area (Å²) in [5.74, 6) is -1.28. The Hall–Kier alpha value is -1.88. The van der Waals surface area contributed by atoms with E-state index in [1.807, 2.05) is 0 Å². The SMILES string of the molecule is O=C(Cc1ccccc1C(=O)O)NC1CCCCC1O. The number of aromatic carboxylic acids is 1. The first-order chi connectivity index (χ1) is 9.58. The normalized spacial score (nSPS) is 22.2. The third-order valence-electron chi connectivity index (χ3n) is 3.67. The number of carboxylic acid groups (broad SMARTS) is 1. The lowest BCUT2D eigenvalue weighted by atomic mass is 9.92. The van der Waals surface area contributed by atoms with Crippen molar-refractivity contribution in [3.63, 3.8) is 0 Å². The van der Waals surface area contributed by atoms with Gasteiger partial charge in [-0.15, -0.1) is 0 Å². The number of nitrogens with one attached hydrogen (secondary N) is 1. The fourth-order valence-corrected chi connectivity index (χ4v) is 2.59. The summed E-state index contributed by atoms with van der Waals surface area (Å²) in [5.41, 5.74) is 0.634. The number of benzene rings is 1. The molecule has 5 nitrogen and oxygen atoms in total. The van der Waals surface area contributed by atoms with Crippen molar-refractivity contribution in [1.29, 1.82) is 0 Å². The van der Waals surface area contributed by atoms with Gasteiger partial charge in [-0.2, -0.15) is 0 Å². The third kappa shape index (κ3) is 3.57. The van der Waals surface area contributed by atoms with E-state index in [4.69, 9.17) is 5.11 Å². The van der Waals surface area contributed by atoms with Crippen LogP contribution in [0.1, 0.15) is 41.6 Å². The summed E-state index contributed by atoms with van der Waals surface area (Å²) in [4.78, 5) is 23.1. The van der Waals surface area contributed by atoms with Crippen LogP contribution in [-0.4, -0.2) is 34.2 Å². The Kier molecular flexibility index (Phi) is 4.74. The molecule has 1 fully saturated rings.